The van der Waals surface area contributed by atoms with E-state index in [1.165, 1.54) is 0 Å². The molecule has 0 N–H and O–H groups in total. The lowest BCUT2D eigenvalue weighted by Crippen LogP contribution is -2.50. The highest BCUT2D eigenvalue weighted by Gasteiger charge is 2.48. The summed E-state index contributed by atoms with van der Waals surface area (Å²) >= 11 is 0. The number of para-hydroxylation sites is 2. The molecule has 8 heteroatoms. The first kappa shape index (κ1) is 20.0. The van der Waals surface area contributed by atoms with Crippen molar-refractivity contribution in [2.75, 3.05) is 31.8 Å². The predicted octanol–water partition coefficient (Wildman–Crippen LogP) is 2.58. The molecule has 1 amide bonds. The molecule has 0 unspecified atom stereocenters. The fraction of sp³-hybridized carbons (Fsp3) is 0.364. The smallest absolute Gasteiger partial charge is 0.321 e. The zero-order valence-corrected chi connectivity index (χ0v) is 17.0. The van der Waals surface area contributed by atoms with Gasteiger partial charge in [0.25, 0.3) is 0 Å². The highest BCUT2D eigenvalue weighted by atomic mass is 16.5. The highest BCUT2D eigenvalue weighted by Crippen LogP contribution is 2.40. The standard InChI is InChI=1S/C22H24N4O4/c1-3-30-21(28)18-19(16-10-6-7-12-23-16)26-17-11-5-4-9-15(17)24-22(26)25(20(18)27)13-8-14-29-2/h4-7,9-12,18-19H,3,8,13-14H2,1-2H3/t18-,19+/m0/s1. The molecule has 0 aliphatic carbocycles. The van der Waals surface area contributed by atoms with Gasteiger partial charge in [-0.05, 0) is 37.6 Å². The van der Waals surface area contributed by atoms with Gasteiger partial charge in [0.15, 0.2) is 5.92 Å². The second kappa shape index (κ2) is 8.62. The second-order valence-corrected chi connectivity index (χ2v) is 7.04. The Morgan fingerprint density at radius 3 is 2.70 bits per heavy atom. The van der Waals surface area contributed by atoms with Gasteiger partial charge < -0.3 is 9.47 Å². The van der Waals surface area contributed by atoms with Crippen LogP contribution in [0.4, 0.5) is 5.95 Å². The first-order valence-electron chi connectivity index (χ1n) is 10.0. The molecule has 0 radical (unpaired) electrons. The maximum Gasteiger partial charge on any atom is 0.321 e. The Morgan fingerprint density at radius 1 is 1.17 bits per heavy atom. The van der Waals surface area contributed by atoms with E-state index in [-0.39, 0.29) is 12.5 Å². The summed E-state index contributed by atoms with van der Waals surface area (Å²) < 4.78 is 12.4. The number of fused-ring (bicyclic) bond motifs is 3. The second-order valence-electron chi connectivity index (χ2n) is 7.04. The molecule has 1 aliphatic rings. The van der Waals surface area contributed by atoms with Crippen molar-refractivity contribution < 1.29 is 19.1 Å². The number of esters is 1. The van der Waals surface area contributed by atoms with E-state index >= 15 is 0 Å². The van der Waals surface area contributed by atoms with Crippen molar-refractivity contribution in [3.05, 3.63) is 54.4 Å². The molecule has 2 aromatic heterocycles. The zero-order valence-electron chi connectivity index (χ0n) is 17.0. The molecule has 0 fully saturated rings. The summed E-state index contributed by atoms with van der Waals surface area (Å²) in [5.41, 5.74) is 2.20. The lowest BCUT2D eigenvalue weighted by Gasteiger charge is -2.37. The van der Waals surface area contributed by atoms with Gasteiger partial charge in [0.1, 0.15) is 6.04 Å². The molecule has 156 valence electrons. The number of rotatable bonds is 7. The summed E-state index contributed by atoms with van der Waals surface area (Å²) in [6.07, 6.45) is 2.28. The topological polar surface area (TPSA) is 86.5 Å². The molecule has 30 heavy (non-hydrogen) atoms. The van der Waals surface area contributed by atoms with Crippen molar-refractivity contribution in [1.29, 1.82) is 0 Å². The van der Waals surface area contributed by atoms with Crippen molar-refractivity contribution in [2.45, 2.75) is 19.4 Å². The fourth-order valence-corrected chi connectivity index (χ4v) is 3.94. The number of amides is 1. The normalized spacial score (nSPS) is 18.5. The van der Waals surface area contributed by atoms with E-state index in [1.807, 2.05) is 41.0 Å². The number of anilines is 1. The molecule has 4 rings (SSSR count). The highest BCUT2D eigenvalue weighted by molar-refractivity contribution is 6.08. The Bertz CT molecular complexity index is 1050. The van der Waals surface area contributed by atoms with Crippen molar-refractivity contribution in [3.8, 4) is 0 Å². The Balaban J connectivity index is 1.93. The monoisotopic (exact) mass is 408 g/mol. The maximum absolute atomic E-state index is 13.6. The molecule has 0 saturated heterocycles. The van der Waals surface area contributed by atoms with Gasteiger partial charge in [0.2, 0.25) is 11.9 Å². The molecule has 0 saturated carbocycles. The van der Waals surface area contributed by atoms with E-state index in [4.69, 9.17) is 14.5 Å². The average molecular weight is 408 g/mol. The van der Waals surface area contributed by atoms with E-state index < -0.39 is 17.9 Å². The minimum atomic E-state index is -1.05. The lowest BCUT2D eigenvalue weighted by molar-refractivity contribution is -0.153. The van der Waals surface area contributed by atoms with Crippen LogP contribution < -0.4 is 4.90 Å². The van der Waals surface area contributed by atoms with Gasteiger partial charge >= 0.3 is 5.97 Å². The molecule has 3 heterocycles. The van der Waals surface area contributed by atoms with Crippen LogP contribution in [0.3, 0.4) is 0 Å². The summed E-state index contributed by atoms with van der Waals surface area (Å²) in [5.74, 6) is -1.43. The number of ether oxygens (including phenoxy) is 2. The van der Waals surface area contributed by atoms with Crippen LogP contribution in [-0.2, 0) is 19.1 Å². The van der Waals surface area contributed by atoms with Crippen molar-refractivity contribution >= 4 is 28.9 Å². The van der Waals surface area contributed by atoms with Crippen LogP contribution in [0.5, 0.6) is 0 Å². The van der Waals surface area contributed by atoms with Crippen LogP contribution in [-0.4, -0.2) is 53.3 Å². The Hall–Kier alpha value is -3.26. The van der Waals surface area contributed by atoms with Crippen molar-refractivity contribution in [2.24, 2.45) is 5.92 Å². The van der Waals surface area contributed by atoms with Gasteiger partial charge in [-0.25, -0.2) is 4.98 Å². The van der Waals surface area contributed by atoms with E-state index in [2.05, 4.69) is 4.98 Å². The van der Waals surface area contributed by atoms with Crippen LogP contribution in [0, 0.1) is 5.92 Å². The van der Waals surface area contributed by atoms with E-state index in [0.29, 0.717) is 31.2 Å². The third-order valence-electron chi connectivity index (χ3n) is 5.21. The van der Waals surface area contributed by atoms with Crippen LogP contribution in [0.2, 0.25) is 0 Å². The SMILES string of the molecule is CCOC(=O)[C@@H]1C(=O)N(CCCOC)c2nc3ccccc3n2[C@@H]1c1ccccn1. The Kier molecular flexibility index (Phi) is 5.76. The molecule has 1 aliphatic heterocycles. The first-order chi connectivity index (χ1) is 14.7. The fourth-order valence-electron chi connectivity index (χ4n) is 3.94. The molecule has 1 aromatic carbocycles. The average Bonchev–Trinajstić information content (AvgIpc) is 3.14. The number of hydrogen-bond donors (Lipinski definition) is 0. The Labute approximate surface area is 174 Å². The number of pyridine rings is 1. The third-order valence-corrected chi connectivity index (χ3v) is 5.21. The van der Waals surface area contributed by atoms with Gasteiger partial charge in [0, 0.05) is 26.5 Å². The summed E-state index contributed by atoms with van der Waals surface area (Å²) in [4.78, 5) is 37.3. The zero-order chi connectivity index (χ0) is 21.1. The third kappa shape index (κ3) is 3.43. The van der Waals surface area contributed by atoms with E-state index in [9.17, 15) is 9.59 Å². The van der Waals surface area contributed by atoms with E-state index in [1.54, 1.807) is 31.2 Å². The molecule has 3 aromatic rings. The van der Waals surface area contributed by atoms with E-state index in [0.717, 1.165) is 11.0 Å². The van der Waals surface area contributed by atoms with Gasteiger partial charge in [-0.15, -0.1) is 0 Å². The summed E-state index contributed by atoms with van der Waals surface area (Å²) in [7, 11) is 1.62. The number of carbonyl (C=O) groups is 2. The molecule has 0 bridgehead atoms. The van der Waals surface area contributed by atoms with Crippen LogP contribution in [0.1, 0.15) is 25.1 Å². The van der Waals surface area contributed by atoms with Crippen molar-refractivity contribution in [3.63, 3.8) is 0 Å². The minimum Gasteiger partial charge on any atom is -0.465 e. The molecular weight excluding hydrogens is 384 g/mol. The number of imidazole rings is 1. The number of benzene rings is 1. The van der Waals surface area contributed by atoms with Crippen molar-refractivity contribution in [1.82, 2.24) is 14.5 Å². The number of nitrogens with zero attached hydrogens (tertiary/aromatic N) is 4. The van der Waals surface area contributed by atoms with Gasteiger partial charge in [-0.3, -0.25) is 24.0 Å². The number of hydrogen-bond acceptors (Lipinski definition) is 6. The van der Waals surface area contributed by atoms with Crippen LogP contribution in [0.15, 0.2) is 48.7 Å². The predicted molar refractivity (Wildman–Crippen MR) is 111 cm³/mol. The van der Waals surface area contributed by atoms with Gasteiger partial charge in [0.05, 0.1) is 23.3 Å². The molecule has 8 nitrogen and oxygen atoms in total. The largest absolute Gasteiger partial charge is 0.465 e. The summed E-state index contributed by atoms with van der Waals surface area (Å²) in [6, 6.07) is 12.5. The van der Waals surface area contributed by atoms with Gasteiger partial charge in [-0.1, -0.05) is 18.2 Å². The Morgan fingerprint density at radius 2 is 1.97 bits per heavy atom. The maximum atomic E-state index is 13.6. The summed E-state index contributed by atoms with van der Waals surface area (Å²) in [5, 5.41) is 0. The number of carbonyl (C=O) groups excluding carboxylic acids is 2. The number of aromatic nitrogens is 3. The summed E-state index contributed by atoms with van der Waals surface area (Å²) in [6.45, 7) is 2.81. The lowest BCUT2D eigenvalue weighted by atomic mass is 9.92. The molecular formula is C22H24N4O4. The van der Waals surface area contributed by atoms with Crippen LogP contribution >= 0.6 is 0 Å². The molecule has 0 spiro atoms. The quantitative estimate of drug-likeness (QED) is 0.339. The van der Waals surface area contributed by atoms with Crippen LogP contribution in [0.25, 0.3) is 11.0 Å². The number of methoxy groups -OCH3 is 1. The minimum absolute atomic E-state index is 0.193. The first-order valence-corrected chi connectivity index (χ1v) is 10.0. The van der Waals surface area contributed by atoms with Gasteiger partial charge in [-0.2, -0.15) is 0 Å². The molecule has 2 atom stereocenters.